The molecule has 2 bridgehead atoms. The maximum atomic E-state index is 12.9. The molecule has 0 aromatic rings. The van der Waals surface area contributed by atoms with E-state index in [0.717, 1.165) is 0 Å². The predicted octanol–water partition coefficient (Wildman–Crippen LogP) is 5.03. The third-order valence-corrected chi connectivity index (χ3v) is 6.97. The van der Waals surface area contributed by atoms with Crippen LogP contribution in [0.3, 0.4) is 0 Å². The molecule has 0 saturated heterocycles. The van der Waals surface area contributed by atoms with Crippen molar-refractivity contribution in [1.29, 1.82) is 0 Å². The van der Waals surface area contributed by atoms with E-state index < -0.39 is 35.6 Å². The zero-order valence-electron chi connectivity index (χ0n) is 17.8. The van der Waals surface area contributed by atoms with Gasteiger partial charge in [0.2, 0.25) is 0 Å². The van der Waals surface area contributed by atoms with E-state index in [1.165, 1.54) is 13.8 Å². The molecule has 4 atom stereocenters. The average Bonchev–Trinajstić information content (AvgIpc) is 3.18. The van der Waals surface area contributed by atoms with Crippen molar-refractivity contribution >= 4 is 5.97 Å². The fraction of sp³-hybridized carbons (Fsp3) is 0.950. The molecule has 2 aliphatic rings. The fourth-order valence-corrected chi connectivity index (χ4v) is 4.38. The molecule has 2 rings (SSSR count). The van der Waals surface area contributed by atoms with Crippen LogP contribution >= 0.6 is 0 Å². The molecule has 0 aromatic carbocycles. The van der Waals surface area contributed by atoms with E-state index in [1.807, 2.05) is 6.92 Å². The van der Waals surface area contributed by atoms with Crippen LogP contribution < -0.4 is 0 Å². The molecular weight excluding hydrogens is 418 g/mol. The third kappa shape index (κ3) is 4.59. The van der Waals surface area contributed by atoms with Crippen molar-refractivity contribution in [2.24, 2.45) is 23.2 Å². The smallest absolute Gasteiger partial charge is 0.428 e. The highest BCUT2D eigenvalue weighted by molar-refractivity contribution is 5.76. The van der Waals surface area contributed by atoms with Gasteiger partial charge < -0.3 is 14.6 Å². The molecule has 1 N–H and O–H groups in total. The standard InChI is InChI=1S/C20H30F6O4/c1-6-16(2,3)15(27)30-14-9-11-7-12(14)8-13(11)17(4,5)29-10-18(28,19(21,22)23)20(24,25)26/h11-14,28H,6-10H2,1-5H3. The van der Waals surface area contributed by atoms with Gasteiger partial charge in [-0.2, -0.15) is 26.3 Å². The Morgan fingerprint density at radius 3 is 1.87 bits per heavy atom. The van der Waals surface area contributed by atoms with Crippen LogP contribution in [-0.4, -0.2) is 47.3 Å². The molecule has 0 aromatic heterocycles. The summed E-state index contributed by atoms with van der Waals surface area (Å²) in [4.78, 5) is 12.3. The number of hydrogen-bond acceptors (Lipinski definition) is 4. The highest BCUT2D eigenvalue weighted by Gasteiger charge is 2.71. The molecular formula is C20H30F6O4. The summed E-state index contributed by atoms with van der Waals surface area (Å²) < 4.78 is 88.1. The summed E-state index contributed by atoms with van der Waals surface area (Å²) in [5.41, 5.74) is -6.87. The molecule has 0 aliphatic heterocycles. The lowest BCUT2D eigenvalue weighted by molar-refractivity contribution is -0.383. The zero-order chi connectivity index (χ0) is 23.3. The number of halogens is 6. The lowest BCUT2D eigenvalue weighted by Gasteiger charge is -2.41. The summed E-state index contributed by atoms with van der Waals surface area (Å²) in [5.74, 6) is -0.668. The highest BCUT2D eigenvalue weighted by Crippen LogP contribution is 2.55. The molecule has 2 fully saturated rings. The van der Waals surface area contributed by atoms with Crippen molar-refractivity contribution in [3.05, 3.63) is 0 Å². The van der Waals surface area contributed by atoms with Gasteiger partial charge in [-0.15, -0.1) is 0 Å². The van der Waals surface area contributed by atoms with Crippen LogP contribution in [0.5, 0.6) is 0 Å². The van der Waals surface area contributed by atoms with Gasteiger partial charge in [0.1, 0.15) is 6.10 Å². The molecule has 0 radical (unpaired) electrons. The summed E-state index contributed by atoms with van der Waals surface area (Å²) in [6, 6.07) is 0. The summed E-state index contributed by atoms with van der Waals surface area (Å²) in [6.45, 7) is 6.39. The summed E-state index contributed by atoms with van der Waals surface area (Å²) in [5, 5.41) is 9.33. The topological polar surface area (TPSA) is 55.8 Å². The number of carbonyl (C=O) groups is 1. The second kappa shape index (κ2) is 7.83. The van der Waals surface area contributed by atoms with Crippen LogP contribution in [0.25, 0.3) is 0 Å². The van der Waals surface area contributed by atoms with Crippen LogP contribution in [0.2, 0.25) is 0 Å². The molecule has 2 aliphatic carbocycles. The number of hydrogen-bond donors (Lipinski definition) is 1. The first-order chi connectivity index (χ1) is 13.4. The second-order valence-corrected chi connectivity index (χ2v) is 9.76. The zero-order valence-corrected chi connectivity index (χ0v) is 17.8. The molecule has 2 saturated carbocycles. The van der Waals surface area contributed by atoms with Crippen molar-refractivity contribution in [1.82, 2.24) is 0 Å². The van der Waals surface area contributed by atoms with Crippen molar-refractivity contribution < 1.29 is 45.7 Å². The van der Waals surface area contributed by atoms with Crippen LogP contribution in [0, 0.1) is 23.2 Å². The number of esters is 1. The Morgan fingerprint density at radius 1 is 0.933 bits per heavy atom. The number of fused-ring (bicyclic) bond motifs is 2. The predicted molar refractivity (Wildman–Crippen MR) is 95.4 cm³/mol. The van der Waals surface area contributed by atoms with Crippen LogP contribution in [0.15, 0.2) is 0 Å². The lowest BCUT2D eigenvalue weighted by Crippen LogP contribution is -2.61. The number of alkyl halides is 6. The minimum atomic E-state index is -5.92. The number of ether oxygens (including phenoxy) is 2. The second-order valence-electron chi connectivity index (χ2n) is 9.76. The third-order valence-electron chi connectivity index (χ3n) is 6.97. The first-order valence-corrected chi connectivity index (χ1v) is 10.1. The van der Waals surface area contributed by atoms with Gasteiger partial charge in [0.15, 0.2) is 0 Å². The number of carbonyl (C=O) groups excluding carboxylic acids is 1. The highest BCUT2D eigenvalue weighted by atomic mass is 19.4. The normalized spacial score (nSPS) is 28.1. The van der Waals surface area contributed by atoms with Gasteiger partial charge in [-0.25, -0.2) is 0 Å². The summed E-state index contributed by atoms with van der Waals surface area (Å²) in [7, 11) is 0. The molecule has 176 valence electrons. The quantitative estimate of drug-likeness (QED) is 0.438. The van der Waals surface area contributed by atoms with Gasteiger partial charge in [0.25, 0.3) is 5.60 Å². The van der Waals surface area contributed by atoms with Gasteiger partial charge >= 0.3 is 18.3 Å². The van der Waals surface area contributed by atoms with Crippen LogP contribution in [-0.2, 0) is 14.3 Å². The Balaban J connectivity index is 2.03. The molecule has 0 spiro atoms. The minimum Gasteiger partial charge on any atom is -0.462 e. The largest absolute Gasteiger partial charge is 0.462 e. The van der Waals surface area contributed by atoms with Crippen LogP contribution in [0.1, 0.15) is 60.3 Å². The average molecular weight is 448 g/mol. The van der Waals surface area contributed by atoms with E-state index in [1.54, 1.807) is 13.8 Å². The van der Waals surface area contributed by atoms with Gasteiger partial charge in [-0.05, 0) is 71.1 Å². The summed E-state index contributed by atoms with van der Waals surface area (Å²) in [6.07, 6.45) is -9.89. The Morgan fingerprint density at radius 2 is 1.47 bits per heavy atom. The van der Waals surface area contributed by atoms with E-state index in [-0.39, 0.29) is 29.8 Å². The molecule has 4 nitrogen and oxygen atoms in total. The van der Waals surface area contributed by atoms with Gasteiger partial charge in [-0.3, -0.25) is 4.79 Å². The van der Waals surface area contributed by atoms with Gasteiger partial charge in [0.05, 0.1) is 17.6 Å². The Bertz CT molecular complexity index is 626. The summed E-state index contributed by atoms with van der Waals surface area (Å²) >= 11 is 0. The number of aliphatic hydroxyl groups is 1. The van der Waals surface area contributed by atoms with Gasteiger partial charge in [-0.1, -0.05) is 6.92 Å². The maximum Gasteiger partial charge on any atom is 0.428 e. The first kappa shape index (κ1) is 25.2. The SMILES string of the molecule is CCC(C)(C)C(=O)OC1CC2CC1CC2C(C)(C)OCC(O)(C(F)(F)F)C(F)(F)F. The van der Waals surface area contributed by atoms with E-state index in [4.69, 9.17) is 9.47 Å². The Hall–Kier alpha value is -1.03. The Kier molecular flexibility index (Phi) is 6.59. The van der Waals surface area contributed by atoms with E-state index in [0.29, 0.717) is 25.7 Å². The van der Waals surface area contributed by atoms with Crippen molar-refractivity contribution in [3.63, 3.8) is 0 Å². The minimum absolute atomic E-state index is 0.0106. The molecule has 4 unspecified atom stereocenters. The van der Waals surface area contributed by atoms with Gasteiger partial charge in [0, 0.05) is 0 Å². The Labute approximate surface area is 172 Å². The van der Waals surface area contributed by atoms with Crippen molar-refractivity contribution in [2.45, 2.75) is 90.0 Å². The molecule has 10 heteroatoms. The maximum absolute atomic E-state index is 12.9. The van der Waals surface area contributed by atoms with Crippen molar-refractivity contribution in [2.75, 3.05) is 6.61 Å². The molecule has 0 amide bonds. The van der Waals surface area contributed by atoms with Crippen molar-refractivity contribution in [3.8, 4) is 0 Å². The monoisotopic (exact) mass is 448 g/mol. The fourth-order valence-electron chi connectivity index (χ4n) is 4.38. The molecule has 0 heterocycles. The van der Waals surface area contributed by atoms with E-state index in [2.05, 4.69) is 0 Å². The van der Waals surface area contributed by atoms with E-state index in [9.17, 15) is 36.2 Å². The lowest BCUT2D eigenvalue weighted by atomic mass is 9.77. The molecule has 30 heavy (non-hydrogen) atoms. The first-order valence-electron chi connectivity index (χ1n) is 10.1. The number of rotatable bonds is 7. The van der Waals surface area contributed by atoms with Crippen LogP contribution in [0.4, 0.5) is 26.3 Å². The van der Waals surface area contributed by atoms with E-state index >= 15 is 0 Å².